The van der Waals surface area contributed by atoms with Crippen LogP contribution in [0, 0.1) is 10.8 Å². The molecule has 10 heteroatoms. The Labute approximate surface area is 210 Å². The monoisotopic (exact) mass is 515 g/mol. The highest BCUT2D eigenvalue weighted by Gasteiger charge is 2.28. The molecule has 192 valence electrons. The van der Waals surface area contributed by atoms with Gasteiger partial charge < -0.3 is 15.7 Å². The minimum Gasteiger partial charge on any atom is -0.395 e. The highest BCUT2D eigenvalue weighted by molar-refractivity contribution is 7.93. The lowest BCUT2D eigenvalue weighted by Crippen LogP contribution is -2.33. The van der Waals surface area contributed by atoms with Crippen molar-refractivity contribution < 1.29 is 27.5 Å². The maximum absolute atomic E-state index is 13.2. The fourth-order valence-corrected chi connectivity index (χ4v) is 4.46. The van der Waals surface area contributed by atoms with E-state index in [0.29, 0.717) is 22.1 Å². The summed E-state index contributed by atoms with van der Waals surface area (Å²) in [5, 5.41) is 15.8. The lowest BCUT2D eigenvalue weighted by atomic mass is 9.93. The van der Waals surface area contributed by atoms with Crippen LogP contribution in [-0.4, -0.2) is 38.6 Å². The van der Waals surface area contributed by atoms with Crippen molar-refractivity contribution in [3.05, 3.63) is 60.7 Å². The van der Waals surface area contributed by atoms with E-state index in [9.17, 15) is 27.5 Å². The number of alkyl halides is 1. The Morgan fingerprint density at radius 2 is 1.36 bits per heavy atom. The fourth-order valence-electron chi connectivity index (χ4n) is 3.18. The van der Waals surface area contributed by atoms with E-state index < -0.39 is 39.3 Å². The standard InChI is InChI=1S/C26H30FN3O5S/c1-25(2,15-27)23(32)28-17-11-13-18(14-12-17)30-36(34,35)22-10-6-7-19-20(22)8-5-9-21(19)29-24(33)26(3,4)16-31/h5-14,30-31H,15-16H2,1-4H3,(H,28,32)(H,29,33). The van der Waals surface area contributed by atoms with Crippen LogP contribution in [0.4, 0.5) is 21.5 Å². The molecule has 0 saturated heterocycles. The Hall–Kier alpha value is -3.50. The number of benzene rings is 3. The first-order valence-electron chi connectivity index (χ1n) is 11.2. The molecule has 2 amide bonds. The third kappa shape index (κ3) is 5.83. The molecule has 3 rings (SSSR count). The molecule has 0 saturated carbocycles. The summed E-state index contributed by atoms with van der Waals surface area (Å²) in [6.07, 6.45) is 0. The van der Waals surface area contributed by atoms with E-state index in [-0.39, 0.29) is 17.2 Å². The average Bonchev–Trinajstić information content (AvgIpc) is 2.84. The highest BCUT2D eigenvalue weighted by Crippen LogP contribution is 2.31. The number of halogens is 1. The van der Waals surface area contributed by atoms with Crippen LogP contribution in [0.2, 0.25) is 0 Å². The summed E-state index contributed by atoms with van der Waals surface area (Å²) in [5.41, 5.74) is -1.10. The van der Waals surface area contributed by atoms with Crippen LogP contribution in [0.3, 0.4) is 0 Å². The molecule has 0 aliphatic heterocycles. The molecular formula is C26H30FN3O5S. The second-order valence-electron chi connectivity index (χ2n) is 9.81. The Bertz CT molecular complexity index is 1390. The van der Waals surface area contributed by atoms with Crippen molar-refractivity contribution in [1.29, 1.82) is 0 Å². The topological polar surface area (TPSA) is 125 Å². The van der Waals surface area contributed by atoms with Crippen LogP contribution in [0.15, 0.2) is 65.6 Å². The van der Waals surface area contributed by atoms with Crippen molar-refractivity contribution in [1.82, 2.24) is 0 Å². The first kappa shape index (κ1) is 27.1. The molecule has 0 spiro atoms. The molecule has 0 heterocycles. The average molecular weight is 516 g/mol. The van der Waals surface area contributed by atoms with E-state index in [1.165, 1.54) is 44.2 Å². The third-order valence-electron chi connectivity index (χ3n) is 5.77. The van der Waals surface area contributed by atoms with Crippen LogP contribution in [0.5, 0.6) is 0 Å². The quantitative estimate of drug-likeness (QED) is 0.333. The summed E-state index contributed by atoms with van der Waals surface area (Å²) in [5.74, 6) is -0.884. The van der Waals surface area contributed by atoms with Gasteiger partial charge in [0.2, 0.25) is 11.8 Å². The van der Waals surface area contributed by atoms with E-state index in [2.05, 4.69) is 15.4 Å². The molecule has 36 heavy (non-hydrogen) atoms. The third-order valence-corrected chi connectivity index (χ3v) is 7.21. The zero-order valence-electron chi connectivity index (χ0n) is 20.6. The van der Waals surface area contributed by atoms with Crippen LogP contribution in [0.25, 0.3) is 10.8 Å². The summed E-state index contributed by atoms with van der Waals surface area (Å²) >= 11 is 0. The Morgan fingerprint density at radius 3 is 1.97 bits per heavy atom. The van der Waals surface area contributed by atoms with Gasteiger partial charge in [0.25, 0.3) is 10.0 Å². The van der Waals surface area contributed by atoms with E-state index in [1.807, 2.05) is 0 Å². The second-order valence-corrected chi connectivity index (χ2v) is 11.5. The summed E-state index contributed by atoms with van der Waals surface area (Å²) in [6.45, 7) is 5.02. The molecule has 0 aliphatic rings. The number of anilines is 3. The Balaban J connectivity index is 1.87. The van der Waals surface area contributed by atoms with Gasteiger partial charge in [-0.15, -0.1) is 0 Å². The fraction of sp³-hybridized carbons (Fsp3) is 0.308. The number of nitrogens with one attached hydrogen (secondary N) is 3. The SMILES string of the molecule is CC(C)(CF)C(=O)Nc1ccc(NS(=O)(=O)c2cccc3c(NC(=O)C(C)(C)CO)cccc23)cc1. The van der Waals surface area contributed by atoms with Gasteiger partial charge >= 0.3 is 0 Å². The molecule has 3 aromatic carbocycles. The summed E-state index contributed by atoms with van der Waals surface area (Å²) in [7, 11) is -4.02. The van der Waals surface area contributed by atoms with Crippen LogP contribution in [0.1, 0.15) is 27.7 Å². The molecule has 0 unspecified atom stereocenters. The van der Waals surface area contributed by atoms with Crippen molar-refractivity contribution in [2.45, 2.75) is 32.6 Å². The van der Waals surface area contributed by atoms with Gasteiger partial charge in [-0.25, -0.2) is 12.8 Å². The second kappa shape index (κ2) is 10.2. The molecule has 0 radical (unpaired) electrons. The van der Waals surface area contributed by atoms with Crippen molar-refractivity contribution in [2.24, 2.45) is 10.8 Å². The molecule has 3 aromatic rings. The number of rotatable bonds is 9. The molecule has 4 N–H and O–H groups in total. The van der Waals surface area contributed by atoms with Gasteiger partial charge in [0.1, 0.15) is 6.67 Å². The molecule has 0 bridgehead atoms. The largest absolute Gasteiger partial charge is 0.395 e. The van der Waals surface area contributed by atoms with Gasteiger partial charge in [-0.2, -0.15) is 0 Å². The van der Waals surface area contributed by atoms with E-state index in [4.69, 9.17) is 0 Å². The predicted molar refractivity (Wildman–Crippen MR) is 139 cm³/mol. The molecule has 0 aliphatic carbocycles. The van der Waals surface area contributed by atoms with Crippen LogP contribution in [-0.2, 0) is 19.6 Å². The van der Waals surface area contributed by atoms with Crippen LogP contribution < -0.4 is 15.4 Å². The lowest BCUT2D eigenvalue weighted by molar-refractivity contribution is -0.126. The number of hydrogen-bond donors (Lipinski definition) is 4. The number of carbonyl (C=O) groups is 2. The van der Waals surface area contributed by atoms with E-state index in [1.54, 1.807) is 44.2 Å². The minimum atomic E-state index is -4.02. The van der Waals surface area contributed by atoms with Gasteiger partial charge in [0.05, 0.1) is 22.3 Å². The molecule has 8 nitrogen and oxygen atoms in total. The summed E-state index contributed by atoms with van der Waals surface area (Å²) in [4.78, 5) is 24.7. The smallest absolute Gasteiger partial charge is 0.262 e. The maximum Gasteiger partial charge on any atom is 0.262 e. The highest BCUT2D eigenvalue weighted by atomic mass is 32.2. The van der Waals surface area contributed by atoms with Gasteiger partial charge in [0.15, 0.2) is 0 Å². The van der Waals surface area contributed by atoms with Crippen molar-refractivity contribution in [3.8, 4) is 0 Å². The van der Waals surface area contributed by atoms with Gasteiger partial charge in [-0.1, -0.05) is 24.3 Å². The number of amides is 2. The van der Waals surface area contributed by atoms with E-state index >= 15 is 0 Å². The van der Waals surface area contributed by atoms with Crippen molar-refractivity contribution >= 4 is 49.7 Å². The number of sulfonamides is 1. The molecule has 0 aromatic heterocycles. The number of carbonyl (C=O) groups excluding carboxylic acids is 2. The first-order chi connectivity index (χ1) is 16.8. The normalized spacial score (nSPS) is 12.3. The maximum atomic E-state index is 13.2. The minimum absolute atomic E-state index is 0.0135. The summed E-state index contributed by atoms with van der Waals surface area (Å²) < 4.78 is 42.0. The zero-order chi connectivity index (χ0) is 26.7. The van der Waals surface area contributed by atoms with Gasteiger partial charge in [-0.3, -0.25) is 14.3 Å². The number of aliphatic hydroxyl groups is 1. The first-order valence-corrected chi connectivity index (χ1v) is 12.7. The number of aliphatic hydroxyl groups excluding tert-OH is 1. The Morgan fingerprint density at radius 1 is 0.806 bits per heavy atom. The lowest BCUT2D eigenvalue weighted by Gasteiger charge is -2.21. The predicted octanol–water partition coefficient (Wildman–Crippen LogP) is 4.53. The Kier molecular flexibility index (Phi) is 7.70. The number of fused-ring (bicyclic) bond motifs is 1. The zero-order valence-corrected chi connectivity index (χ0v) is 21.4. The van der Waals surface area contributed by atoms with Crippen LogP contribution >= 0.6 is 0 Å². The molecule has 0 fully saturated rings. The molecular weight excluding hydrogens is 485 g/mol. The summed E-state index contributed by atoms with van der Waals surface area (Å²) in [6, 6.07) is 15.7. The molecule has 0 atom stereocenters. The van der Waals surface area contributed by atoms with Crippen molar-refractivity contribution in [3.63, 3.8) is 0 Å². The van der Waals surface area contributed by atoms with Gasteiger partial charge in [0, 0.05) is 27.8 Å². The van der Waals surface area contributed by atoms with E-state index in [0.717, 1.165) is 0 Å². The number of hydrogen-bond acceptors (Lipinski definition) is 5. The van der Waals surface area contributed by atoms with Crippen molar-refractivity contribution in [2.75, 3.05) is 28.6 Å². The van der Waals surface area contributed by atoms with Gasteiger partial charge in [-0.05, 0) is 64.1 Å².